The molecule has 0 bridgehead atoms. The largest absolute Gasteiger partial charge is 0.417 e. The average Bonchev–Trinajstić information content (AvgIpc) is 2.25. The molecule has 0 aliphatic heterocycles. The van der Waals surface area contributed by atoms with Gasteiger partial charge in [0.1, 0.15) is 0 Å². The second kappa shape index (κ2) is 5.29. The molecule has 19 heavy (non-hydrogen) atoms. The molecule has 0 aliphatic rings. The van der Waals surface area contributed by atoms with Gasteiger partial charge in [-0.15, -0.1) is 0 Å². The lowest BCUT2D eigenvalue weighted by Crippen LogP contribution is -2.18. The van der Waals surface area contributed by atoms with Crippen LogP contribution in [0.3, 0.4) is 0 Å². The number of halogens is 4. The summed E-state index contributed by atoms with van der Waals surface area (Å²) >= 11 is 0. The Kier molecular flexibility index (Phi) is 4.53. The van der Waals surface area contributed by atoms with Crippen LogP contribution in [0.5, 0.6) is 0 Å². The van der Waals surface area contributed by atoms with E-state index in [1.807, 2.05) is 0 Å². The summed E-state index contributed by atoms with van der Waals surface area (Å²) in [4.78, 5) is -0.956. The van der Waals surface area contributed by atoms with E-state index in [0.29, 0.717) is 6.07 Å². The van der Waals surface area contributed by atoms with Gasteiger partial charge in [0.25, 0.3) is 0 Å². The van der Waals surface area contributed by atoms with E-state index in [1.165, 1.54) is 0 Å². The van der Waals surface area contributed by atoms with Crippen molar-refractivity contribution in [2.75, 3.05) is 11.5 Å². The molecule has 0 heterocycles. The fourth-order valence-electron chi connectivity index (χ4n) is 1.29. The van der Waals surface area contributed by atoms with Gasteiger partial charge in [-0.25, -0.2) is 16.8 Å². The van der Waals surface area contributed by atoms with Crippen molar-refractivity contribution in [2.45, 2.75) is 11.1 Å². The minimum atomic E-state index is -4.84. The molecule has 0 spiro atoms. The van der Waals surface area contributed by atoms with Crippen LogP contribution in [0.1, 0.15) is 5.56 Å². The third-order valence-electron chi connectivity index (χ3n) is 2.12. The Morgan fingerprint density at radius 1 is 1.00 bits per heavy atom. The number of hydrogen-bond acceptors (Lipinski definition) is 4. The predicted octanol–water partition coefficient (Wildman–Crippen LogP) is 2.05. The first-order valence-corrected chi connectivity index (χ1v) is 8.88. The van der Waals surface area contributed by atoms with Crippen LogP contribution in [-0.4, -0.2) is 28.3 Å². The molecule has 0 N–H and O–H groups in total. The zero-order chi connectivity index (χ0) is 14.9. The number of benzene rings is 1. The van der Waals surface area contributed by atoms with Gasteiger partial charge in [0.15, 0.2) is 9.84 Å². The van der Waals surface area contributed by atoms with Gasteiger partial charge in [0.2, 0.25) is 9.05 Å². The van der Waals surface area contributed by atoms with E-state index in [0.717, 1.165) is 18.2 Å². The van der Waals surface area contributed by atoms with Crippen molar-refractivity contribution in [2.24, 2.45) is 0 Å². The summed E-state index contributed by atoms with van der Waals surface area (Å²) in [5.74, 6) is -1.96. The molecule has 0 radical (unpaired) electrons. The molecule has 0 saturated carbocycles. The van der Waals surface area contributed by atoms with Crippen molar-refractivity contribution in [3.8, 4) is 0 Å². The van der Waals surface area contributed by atoms with Crippen LogP contribution in [-0.2, 0) is 25.1 Å². The first kappa shape index (κ1) is 16.3. The molecule has 1 aromatic carbocycles. The molecule has 0 amide bonds. The van der Waals surface area contributed by atoms with Crippen LogP contribution >= 0.6 is 10.7 Å². The third-order valence-corrected chi connectivity index (χ3v) is 5.30. The molecule has 108 valence electrons. The highest BCUT2D eigenvalue weighted by atomic mass is 35.7. The highest BCUT2D eigenvalue weighted by Crippen LogP contribution is 2.34. The van der Waals surface area contributed by atoms with E-state index in [-0.39, 0.29) is 0 Å². The molecular formula is C9H8ClF3O4S2. The second-order valence-electron chi connectivity index (χ2n) is 3.56. The number of rotatable bonds is 4. The molecule has 0 aliphatic carbocycles. The molecule has 0 atom stereocenters. The Balaban J connectivity index is 3.23. The fraction of sp³-hybridized carbons (Fsp3) is 0.333. The van der Waals surface area contributed by atoms with Crippen molar-refractivity contribution in [3.63, 3.8) is 0 Å². The van der Waals surface area contributed by atoms with Crippen LogP contribution in [0.25, 0.3) is 0 Å². The van der Waals surface area contributed by atoms with E-state index in [1.54, 1.807) is 0 Å². The SMILES string of the molecule is O=S(=O)(Cl)CCS(=O)(=O)c1ccccc1C(F)(F)F. The van der Waals surface area contributed by atoms with Gasteiger partial charge in [-0.3, -0.25) is 0 Å². The quantitative estimate of drug-likeness (QED) is 0.789. The lowest BCUT2D eigenvalue weighted by atomic mass is 10.2. The van der Waals surface area contributed by atoms with E-state index in [9.17, 15) is 30.0 Å². The maximum Gasteiger partial charge on any atom is 0.417 e. The summed E-state index contributed by atoms with van der Waals surface area (Å²) in [7, 11) is -3.65. The van der Waals surface area contributed by atoms with Crippen LogP contribution in [0.15, 0.2) is 29.2 Å². The summed E-state index contributed by atoms with van der Waals surface area (Å²) in [6.45, 7) is 0. The summed E-state index contributed by atoms with van der Waals surface area (Å²) in [5, 5.41) is 0. The number of hydrogen-bond donors (Lipinski definition) is 0. The normalized spacial score (nSPS) is 13.5. The van der Waals surface area contributed by atoms with Gasteiger partial charge >= 0.3 is 6.18 Å². The molecule has 4 nitrogen and oxygen atoms in total. The van der Waals surface area contributed by atoms with Crippen LogP contribution < -0.4 is 0 Å². The van der Waals surface area contributed by atoms with Crippen molar-refractivity contribution in [1.29, 1.82) is 0 Å². The minimum absolute atomic E-state index is 0.613. The van der Waals surface area contributed by atoms with E-state index in [4.69, 9.17) is 10.7 Å². The van der Waals surface area contributed by atoms with E-state index < -0.39 is 47.0 Å². The molecule has 0 unspecified atom stereocenters. The first-order valence-electron chi connectivity index (χ1n) is 4.75. The second-order valence-corrected chi connectivity index (χ2v) is 8.53. The van der Waals surface area contributed by atoms with Crippen molar-refractivity contribution >= 4 is 29.6 Å². The highest BCUT2D eigenvalue weighted by Gasteiger charge is 2.36. The molecule has 1 aromatic rings. The van der Waals surface area contributed by atoms with Crippen molar-refractivity contribution in [3.05, 3.63) is 29.8 Å². The summed E-state index contributed by atoms with van der Waals surface area (Å²) in [5.41, 5.74) is -1.33. The molecule has 0 fully saturated rings. The van der Waals surface area contributed by atoms with Gasteiger partial charge in [0.05, 0.1) is 22.0 Å². The third kappa shape index (κ3) is 4.66. The summed E-state index contributed by atoms with van der Waals surface area (Å²) < 4.78 is 82.7. The Hall–Kier alpha value is -0.800. The first-order chi connectivity index (χ1) is 8.43. The average molecular weight is 337 g/mol. The Morgan fingerprint density at radius 2 is 1.53 bits per heavy atom. The lowest BCUT2D eigenvalue weighted by Gasteiger charge is -2.12. The van der Waals surface area contributed by atoms with Crippen molar-refractivity contribution in [1.82, 2.24) is 0 Å². The molecular weight excluding hydrogens is 329 g/mol. The smallest absolute Gasteiger partial charge is 0.224 e. The van der Waals surface area contributed by atoms with E-state index >= 15 is 0 Å². The molecule has 1 rings (SSSR count). The van der Waals surface area contributed by atoms with Crippen LogP contribution in [0.4, 0.5) is 13.2 Å². The summed E-state index contributed by atoms with van der Waals surface area (Å²) in [6.07, 6.45) is -4.84. The Morgan fingerprint density at radius 3 is 2.00 bits per heavy atom. The maximum absolute atomic E-state index is 12.6. The topological polar surface area (TPSA) is 68.3 Å². The standard InChI is InChI=1S/C9H8ClF3O4S2/c10-19(16,17)6-5-18(14,15)8-4-2-1-3-7(8)9(11,12)13/h1-4H,5-6H2. The zero-order valence-electron chi connectivity index (χ0n) is 9.18. The van der Waals surface area contributed by atoms with Crippen LogP contribution in [0.2, 0.25) is 0 Å². The van der Waals surface area contributed by atoms with Gasteiger partial charge in [-0.1, -0.05) is 12.1 Å². The molecule has 0 aromatic heterocycles. The fourth-order valence-corrected chi connectivity index (χ4v) is 4.56. The maximum atomic E-state index is 12.6. The number of alkyl halides is 3. The van der Waals surface area contributed by atoms with Crippen LogP contribution in [0, 0.1) is 0 Å². The minimum Gasteiger partial charge on any atom is -0.224 e. The monoisotopic (exact) mass is 336 g/mol. The molecule has 10 heteroatoms. The molecule has 0 saturated heterocycles. The number of sulfone groups is 1. The van der Waals surface area contributed by atoms with E-state index in [2.05, 4.69) is 0 Å². The van der Waals surface area contributed by atoms with Gasteiger partial charge in [0, 0.05) is 10.7 Å². The Bertz CT molecular complexity index is 665. The van der Waals surface area contributed by atoms with Gasteiger partial charge in [-0.2, -0.15) is 13.2 Å². The predicted molar refractivity (Wildman–Crippen MR) is 63.1 cm³/mol. The lowest BCUT2D eigenvalue weighted by molar-refractivity contribution is -0.139. The zero-order valence-corrected chi connectivity index (χ0v) is 11.6. The Labute approximate surface area is 112 Å². The van der Waals surface area contributed by atoms with Crippen molar-refractivity contribution < 1.29 is 30.0 Å². The highest BCUT2D eigenvalue weighted by molar-refractivity contribution is 8.14. The van der Waals surface area contributed by atoms with Gasteiger partial charge in [-0.05, 0) is 12.1 Å². The summed E-state index contributed by atoms with van der Waals surface area (Å²) in [6, 6.07) is 3.55. The van der Waals surface area contributed by atoms with Gasteiger partial charge < -0.3 is 0 Å².